The van der Waals surface area contributed by atoms with Crippen LogP contribution >= 0.6 is 0 Å². The second kappa shape index (κ2) is 6.00. The van der Waals surface area contributed by atoms with Gasteiger partial charge in [-0.2, -0.15) is 9.57 Å². The first-order valence-electron chi connectivity index (χ1n) is 6.61. The highest BCUT2D eigenvalue weighted by atomic mass is 32.2. The molecule has 102 valence electrons. The SMILES string of the molecule is N#CCN(C1CCCC1)S(=O)(=O)C1CCOCC1. The molecule has 0 radical (unpaired) electrons. The molecule has 0 aromatic rings. The second-order valence-corrected chi connectivity index (χ2v) is 7.16. The van der Waals surface area contributed by atoms with Crippen LogP contribution in [0.25, 0.3) is 0 Å². The summed E-state index contributed by atoms with van der Waals surface area (Å²) in [5.41, 5.74) is 0. The van der Waals surface area contributed by atoms with Crippen LogP contribution in [-0.4, -0.2) is 43.8 Å². The van der Waals surface area contributed by atoms with Gasteiger partial charge in [0, 0.05) is 19.3 Å². The highest BCUT2D eigenvalue weighted by Gasteiger charge is 2.38. The maximum Gasteiger partial charge on any atom is 0.218 e. The first kappa shape index (κ1) is 13.8. The van der Waals surface area contributed by atoms with E-state index in [-0.39, 0.29) is 17.8 Å². The highest BCUT2D eigenvalue weighted by molar-refractivity contribution is 7.89. The van der Waals surface area contributed by atoms with Crippen LogP contribution in [0.2, 0.25) is 0 Å². The van der Waals surface area contributed by atoms with Gasteiger partial charge in [-0.1, -0.05) is 12.8 Å². The van der Waals surface area contributed by atoms with Crippen LogP contribution in [-0.2, 0) is 14.8 Å². The van der Waals surface area contributed by atoms with E-state index < -0.39 is 10.0 Å². The van der Waals surface area contributed by atoms with E-state index in [1.54, 1.807) is 0 Å². The molecule has 0 unspecified atom stereocenters. The van der Waals surface area contributed by atoms with Gasteiger partial charge in [0.1, 0.15) is 6.54 Å². The van der Waals surface area contributed by atoms with E-state index in [0.717, 1.165) is 25.7 Å². The van der Waals surface area contributed by atoms with E-state index >= 15 is 0 Å². The van der Waals surface area contributed by atoms with Gasteiger partial charge < -0.3 is 4.74 Å². The molecule has 0 spiro atoms. The van der Waals surface area contributed by atoms with E-state index in [4.69, 9.17) is 10.00 Å². The molecular formula is C12H20N2O3S. The van der Waals surface area contributed by atoms with Crippen LogP contribution in [0.3, 0.4) is 0 Å². The highest BCUT2D eigenvalue weighted by Crippen LogP contribution is 2.29. The molecule has 1 heterocycles. The number of rotatable bonds is 4. The summed E-state index contributed by atoms with van der Waals surface area (Å²) in [6.45, 7) is 1.01. The van der Waals surface area contributed by atoms with Gasteiger partial charge in [0.25, 0.3) is 0 Å². The summed E-state index contributed by atoms with van der Waals surface area (Å²) in [5.74, 6) is 0. The van der Waals surface area contributed by atoms with Crippen molar-refractivity contribution in [2.45, 2.75) is 49.8 Å². The van der Waals surface area contributed by atoms with Crippen LogP contribution in [0, 0.1) is 11.3 Å². The summed E-state index contributed by atoms with van der Waals surface area (Å²) in [7, 11) is -3.34. The number of hydrogen-bond donors (Lipinski definition) is 0. The van der Waals surface area contributed by atoms with Crippen molar-refractivity contribution >= 4 is 10.0 Å². The molecule has 2 aliphatic rings. The Balaban J connectivity index is 2.14. The third-order valence-electron chi connectivity index (χ3n) is 3.87. The Labute approximate surface area is 109 Å². The standard InChI is InChI=1S/C12H20N2O3S/c13-7-8-14(11-3-1-2-4-11)18(15,16)12-5-9-17-10-6-12/h11-12H,1-6,8-10H2. The van der Waals surface area contributed by atoms with Gasteiger partial charge in [-0.05, 0) is 25.7 Å². The molecule has 5 nitrogen and oxygen atoms in total. The quantitative estimate of drug-likeness (QED) is 0.722. The lowest BCUT2D eigenvalue weighted by molar-refractivity contribution is 0.0969. The van der Waals surface area contributed by atoms with Crippen molar-refractivity contribution in [3.8, 4) is 6.07 Å². The summed E-state index contributed by atoms with van der Waals surface area (Å²) >= 11 is 0. The van der Waals surface area contributed by atoms with Crippen molar-refractivity contribution in [3.05, 3.63) is 0 Å². The number of sulfonamides is 1. The molecule has 0 amide bonds. The lowest BCUT2D eigenvalue weighted by Crippen LogP contribution is -2.46. The van der Waals surface area contributed by atoms with E-state index in [1.165, 1.54) is 4.31 Å². The first-order valence-corrected chi connectivity index (χ1v) is 8.12. The van der Waals surface area contributed by atoms with Crippen molar-refractivity contribution in [2.75, 3.05) is 19.8 Å². The largest absolute Gasteiger partial charge is 0.381 e. The summed E-state index contributed by atoms with van der Waals surface area (Å²) in [6.07, 6.45) is 5.02. The summed E-state index contributed by atoms with van der Waals surface area (Å²) < 4.78 is 31.8. The third-order valence-corrected chi connectivity index (χ3v) is 6.27. The molecule has 0 N–H and O–H groups in total. The van der Waals surface area contributed by atoms with Gasteiger partial charge in [-0.3, -0.25) is 0 Å². The maximum atomic E-state index is 12.6. The van der Waals surface area contributed by atoms with E-state index in [2.05, 4.69) is 0 Å². The van der Waals surface area contributed by atoms with Gasteiger partial charge in [0.2, 0.25) is 10.0 Å². The number of hydrogen-bond acceptors (Lipinski definition) is 4. The van der Waals surface area contributed by atoms with Crippen molar-refractivity contribution in [2.24, 2.45) is 0 Å². The Hall–Kier alpha value is -0.640. The normalized spacial score (nSPS) is 23.3. The first-order chi connectivity index (χ1) is 8.66. The minimum atomic E-state index is -3.34. The Morgan fingerprint density at radius 3 is 2.33 bits per heavy atom. The predicted octanol–water partition coefficient (Wildman–Crippen LogP) is 1.26. The molecule has 1 aliphatic heterocycles. The molecule has 0 atom stereocenters. The minimum Gasteiger partial charge on any atom is -0.381 e. The number of nitrogens with zero attached hydrogens (tertiary/aromatic N) is 2. The van der Waals surface area contributed by atoms with Crippen LogP contribution in [0.4, 0.5) is 0 Å². The fourth-order valence-corrected chi connectivity index (χ4v) is 4.89. The Morgan fingerprint density at radius 1 is 1.17 bits per heavy atom. The molecular weight excluding hydrogens is 252 g/mol. The van der Waals surface area contributed by atoms with Crippen LogP contribution in [0.5, 0.6) is 0 Å². The van der Waals surface area contributed by atoms with Gasteiger partial charge in [-0.25, -0.2) is 8.42 Å². The van der Waals surface area contributed by atoms with Gasteiger partial charge in [-0.15, -0.1) is 0 Å². The molecule has 1 saturated carbocycles. The third kappa shape index (κ3) is 2.85. The molecule has 1 aliphatic carbocycles. The molecule has 0 aromatic heterocycles. The van der Waals surface area contributed by atoms with Crippen LogP contribution in [0.1, 0.15) is 38.5 Å². The lowest BCUT2D eigenvalue weighted by Gasteiger charge is -2.31. The Morgan fingerprint density at radius 2 is 1.78 bits per heavy atom. The van der Waals surface area contributed by atoms with Crippen molar-refractivity contribution in [3.63, 3.8) is 0 Å². The molecule has 6 heteroatoms. The van der Waals surface area contributed by atoms with E-state index in [1.807, 2.05) is 6.07 Å². The van der Waals surface area contributed by atoms with Crippen LogP contribution < -0.4 is 0 Å². The van der Waals surface area contributed by atoms with Crippen molar-refractivity contribution < 1.29 is 13.2 Å². The molecule has 2 rings (SSSR count). The smallest absolute Gasteiger partial charge is 0.218 e. The molecule has 18 heavy (non-hydrogen) atoms. The number of nitriles is 1. The topological polar surface area (TPSA) is 70.4 Å². The zero-order valence-corrected chi connectivity index (χ0v) is 11.4. The fourth-order valence-electron chi connectivity index (χ4n) is 2.85. The lowest BCUT2D eigenvalue weighted by atomic mass is 10.2. The number of ether oxygens (including phenoxy) is 1. The van der Waals surface area contributed by atoms with E-state index in [0.29, 0.717) is 26.1 Å². The molecule has 1 saturated heterocycles. The molecule has 0 bridgehead atoms. The zero-order chi connectivity index (χ0) is 13.0. The van der Waals surface area contributed by atoms with Gasteiger partial charge >= 0.3 is 0 Å². The Bertz CT molecular complexity index is 404. The summed E-state index contributed by atoms with van der Waals surface area (Å²) in [6, 6.07) is 2.04. The average Bonchev–Trinajstić information content (AvgIpc) is 2.90. The zero-order valence-electron chi connectivity index (χ0n) is 10.5. The van der Waals surface area contributed by atoms with Crippen LogP contribution in [0.15, 0.2) is 0 Å². The van der Waals surface area contributed by atoms with Gasteiger partial charge in [0.05, 0.1) is 11.3 Å². The minimum absolute atomic E-state index is 0.00957. The fraction of sp³-hybridized carbons (Fsp3) is 0.917. The predicted molar refractivity (Wildman–Crippen MR) is 67.3 cm³/mol. The monoisotopic (exact) mass is 272 g/mol. The molecule has 2 fully saturated rings. The maximum absolute atomic E-state index is 12.6. The van der Waals surface area contributed by atoms with E-state index in [9.17, 15) is 8.42 Å². The second-order valence-electron chi connectivity index (χ2n) is 5.00. The van der Waals surface area contributed by atoms with Crippen molar-refractivity contribution in [1.29, 1.82) is 5.26 Å². The Kier molecular flexibility index (Phi) is 4.60. The van der Waals surface area contributed by atoms with Gasteiger partial charge in [0.15, 0.2) is 0 Å². The van der Waals surface area contributed by atoms with Crippen molar-refractivity contribution in [1.82, 2.24) is 4.31 Å². The average molecular weight is 272 g/mol. The summed E-state index contributed by atoms with van der Waals surface area (Å²) in [4.78, 5) is 0. The molecule has 0 aromatic carbocycles. The summed E-state index contributed by atoms with van der Waals surface area (Å²) in [5, 5.41) is 8.52.